The van der Waals surface area contributed by atoms with Gasteiger partial charge in [-0.05, 0) is 61.4 Å². The van der Waals surface area contributed by atoms with Crippen LogP contribution < -0.4 is 9.47 Å². The van der Waals surface area contributed by atoms with E-state index in [1.807, 2.05) is 0 Å². The van der Waals surface area contributed by atoms with Gasteiger partial charge in [0.05, 0.1) is 26.3 Å². The van der Waals surface area contributed by atoms with Gasteiger partial charge in [-0.1, -0.05) is 0 Å². The smallest absolute Gasteiger partial charge is 0.338 e. The molecule has 1 aliphatic rings. The molecule has 1 saturated heterocycles. The van der Waals surface area contributed by atoms with Crippen molar-refractivity contribution in [3.63, 3.8) is 0 Å². The molecule has 2 aromatic carbocycles. The molecule has 6 heteroatoms. The van der Waals surface area contributed by atoms with Crippen LogP contribution in [0.25, 0.3) is 0 Å². The Labute approximate surface area is 158 Å². The molecule has 142 valence electrons. The molecule has 0 saturated carbocycles. The molecule has 0 radical (unpaired) electrons. The molecule has 27 heavy (non-hydrogen) atoms. The first-order chi connectivity index (χ1) is 13.1. The lowest BCUT2D eigenvalue weighted by atomic mass is 10.1. The van der Waals surface area contributed by atoms with Gasteiger partial charge in [-0.25, -0.2) is 4.79 Å². The van der Waals surface area contributed by atoms with Crippen molar-refractivity contribution in [2.45, 2.75) is 18.9 Å². The van der Waals surface area contributed by atoms with E-state index in [4.69, 9.17) is 14.2 Å². The third-order valence-electron chi connectivity index (χ3n) is 4.60. The first-order valence-corrected chi connectivity index (χ1v) is 8.89. The number of carbonyl (C=O) groups is 2. The Bertz CT molecular complexity index is 785. The number of carbonyl (C=O) groups excluding carboxylic acids is 2. The molecular weight excluding hydrogens is 346 g/mol. The number of hydrogen-bond acceptors (Lipinski definition) is 5. The number of esters is 1. The van der Waals surface area contributed by atoms with Crippen LogP contribution in [0.5, 0.6) is 11.5 Å². The van der Waals surface area contributed by atoms with Crippen LogP contribution in [0.4, 0.5) is 0 Å². The van der Waals surface area contributed by atoms with E-state index in [-0.39, 0.29) is 18.0 Å². The van der Waals surface area contributed by atoms with E-state index >= 15 is 0 Å². The van der Waals surface area contributed by atoms with Gasteiger partial charge in [0.1, 0.15) is 17.6 Å². The summed E-state index contributed by atoms with van der Waals surface area (Å²) < 4.78 is 15.8. The average Bonchev–Trinajstić information content (AvgIpc) is 2.73. The van der Waals surface area contributed by atoms with Gasteiger partial charge in [0, 0.05) is 12.1 Å². The minimum Gasteiger partial charge on any atom is -0.497 e. The Kier molecular flexibility index (Phi) is 5.96. The standard InChI is InChI=1S/C21H23NO5/c1-25-17-9-5-15(6-10-17)20(23)22-13-3-4-19(14-22)27-21(24)16-7-11-18(26-2)12-8-16/h5-12,19H,3-4,13-14H2,1-2H3/t19-/m1/s1. The monoisotopic (exact) mass is 369 g/mol. The molecule has 1 atom stereocenters. The zero-order chi connectivity index (χ0) is 19.2. The van der Waals surface area contributed by atoms with Crippen molar-refractivity contribution >= 4 is 11.9 Å². The van der Waals surface area contributed by atoms with Crippen LogP contribution in [0.1, 0.15) is 33.6 Å². The predicted molar refractivity (Wildman–Crippen MR) is 100 cm³/mol. The summed E-state index contributed by atoms with van der Waals surface area (Å²) in [6, 6.07) is 13.8. The quantitative estimate of drug-likeness (QED) is 0.758. The van der Waals surface area contributed by atoms with Gasteiger partial charge >= 0.3 is 5.97 Å². The maximum Gasteiger partial charge on any atom is 0.338 e. The zero-order valence-electron chi connectivity index (χ0n) is 15.5. The molecule has 2 aromatic rings. The van der Waals surface area contributed by atoms with Crippen molar-refractivity contribution < 1.29 is 23.8 Å². The number of likely N-dealkylation sites (tertiary alicyclic amines) is 1. The number of hydrogen-bond donors (Lipinski definition) is 0. The predicted octanol–water partition coefficient (Wildman–Crippen LogP) is 3.17. The third kappa shape index (κ3) is 4.58. The maximum atomic E-state index is 12.7. The molecule has 1 amide bonds. The summed E-state index contributed by atoms with van der Waals surface area (Å²) in [5.74, 6) is 0.932. The summed E-state index contributed by atoms with van der Waals surface area (Å²) in [4.78, 5) is 26.8. The lowest BCUT2D eigenvalue weighted by Crippen LogP contribution is -2.43. The molecular formula is C21H23NO5. The maximum absolute atomic E-state index is 12.7. The van der Waals surface area contributed by atoms with E-state index in [1.165, 1.54) is 0 Å². The molecule has 3 rings (SSSR count). The SMILES string of the molecule is COc1ccc(C(=O)O[C@@H]2CCCN(C(=O)c3ccc(OC)cc3)C2)cc1. The van der Waals surface area contributed by atoms with E-state index in [0.29, 0.717) is 35.7 Å². The van der Waals surface area contributed by atoms with Crippen LogP contribution in [0, 0.1) is 0 Å². The summed E-state index contributed by atoms with van der Waals surface area (Å²) in [6.07, 6.45) is 1.23. The van der Waals surface area contributed by atoms with Crippen LogP contribution in [-0.4, -0.2) is 50.2 Å². The van der Waals surface area contributed by atoms with E-state index in [2.05, 4.69) is 0 Å². The van der Waals surface area contributed by atoms with E-state index in [0.717, 1.165) is 12.8 Å². The average molecular weight is 369 g/mol. The molecule has 1 aliphatic heterocycles. The van der Waals surface area contributed by atoms with Gasteiger partial charge in [0.25, 0.3) is 5.91 Å². The lowest BCUT2D eigenvalue weighted by Gasteiger charge is -2.32. The summed E-state index contributed by atoms with van der Waals surface area (Å²) in [5.41, 5.74) is 1.06. The topological polar surface area (TPSA) is 65.1 Å². The summed E-state index contributed by atoms with van der Waals surface area (Å²) in [6.45, 7) is 1.05. The van der Waals surface area contributed by atoms with Gasteiger partial charge in [0.15, 0.2) is 0 Å². The van der Waals surface area contributed by atoms with Crippen LogP contribution in [-0.2, 0) is 4.74 Å². The van der Waals surface area contributed by atoms with E-state index < -0.39 is 0 Å². The highest BCUT2D eigenvalue weighted by Crippen LogP contribution is 2.20. The first kappa shape index (κ1) is 18.8. The van der Waals surface area contributed by atoms with Crippen LogP contribution >= 0.6 is 0 Å². The van der Waals surface area contributed by atoms with Crippen molar-refractivity contribution in [2.24, 2.45) is 0 Å². The molecule has 0 unspecified atom stereocenters. The van der Waals surface area contributed by atoms with Gasteiger partial charge in [-0.2, -0.15) is 0 Å². The van der Waals surface area contributed by atoms with Crippen molar-refractivity contribution in [3.8, 4) is 11.5 Å². The third-order valence-corrected chi connectivity index (χ3v) is 4.60. The Morgan fingerprint density at radius 2 is 1.44 bits per heavy atom. The number of rotatable bonds is 5. The van der Waals surface area contributed by atoms with E-state index in [1.54, 1.807) is 67.7 Å². The highest BCUT2D eigenvalue weighted by atomic mass is 16.5. The number of piperidine rings is 1. The molecule has 1 heterocycles. The molecule has 1 fully saturated rings. The minimum absolute atomic E-state index is 0.0668. The Morgan fingerprint density at radius 1 is 0.889 bits per heavy atom. The Hall–Kier alpha value is -3.02. The molecule has 0 aliphatic carbocycles. The number of amides is 1. The fourth-order valence-electron chi connectivity index (χ4n) is 3.08. The number of methoxy groups -OCH3 is 2. The van der Waals surface area contributed by atoms with E-state index in [9.17, 15) is 9.59 Å². The van der Waals surface area contributed by atoms with Crippen molar-refractivity contribution in [2.75, 3.05) is 27.3 Å². The second-order valence-corrected chi connectivity index (χ2v) is 6.38. The van der Waals surface area contributed by atoms with Gasteiger partial charge in [-0.15, -0.1) is 0 Å². The minimum atomic E-state index is -0.388. The van der Waals surface area contributed by atoms with Gasteiger partial charge in [0.2, 0.25) is 0 Å². The largest absolute Gasteiger partial charge is 0.497 e. The highest BCUT2D eigenvalue weighted by Gasteiger charge is 2.27. The zero-order valence-corrected chi connectivity index (χ0v) is 15.5. The van der Waals surface area contributed by atoms with Crippen LogP contribution in [0.3, 0.4) is 0 Å². The van der Waals surface area contributed by atoms with Gasteiger partial charge in [-0.3, -0.25) is 4.79 Å². The molecule has 0 bridgehead atoms. The molecule has 0 N–H and O–H groups in total. The molecule has 0 aromatic heterocycles. The normalized spacial score (nSPS) is 16.5. The van der Waals surface area contributed by atoms with Crippen molar-refractivity contribution in [1.29, 1.82) is 0 Å². The van der Waals surface area contributed by atoms with Crippen LogP contribution in [0.2, 0.25) is 0 Å². The van der Waals surface area contributed by atoms with Crippen molar-refractivity contribution in [1.82, 2.24) is 4.90 Å². The summed E-state index contributed by atoms with van der Waals surface area (Å²) >= 11 is 0. The number of benzene rings is 2. The van der Waals surface area contributed by atoms with Crippen LogP contribution in [0.15, 0.2) is 48.5 Å². The highest BCUT2D eigenvalue weighted by molar-refractivity contribution is 5.94. The Morgan fingerprint density at radius 3 is 2.00 bits per heavy atom. The fraction of sp³-hybridized carbons (Fsp3) is 0.333. The summed E-state index contributed by atoms with van der Waals surface area (Å²) in [5, 5.41) is 0. The summed E-state index contributed by atoms with van der Waals surface area (Å²) in [7, 11) is 3.16. The Balaban J connectivity index is 1.60. The second-order valence-electron chi connectivity index (χ2n) is 6.38. The lowest BCUT2D eigenvalue weighted by molar-refractivity contribution is 0.00720. The second kappa shape index (κ2) is 8.58. The molecule has 0 spiro atoms. The first-order valence-electron chi connectivity index (χ1n) is 8.89. The fourth-order valence-corrected chi connectivity index (χ4v) is 3.08. The number of ether oxygens (including phenoxy) is 3. The molecule has 6 nitrogen and oxygen atoms in total. The van der Waals surface area contributed by atoms with Gasteiger partial charge < -0.3 is 19.1 Å². The van der Waals surface area contributed by atoms with Crippen molar-refractivity contribution in [3.05, 3.63) is 59.7 Å². The number of nitrogens with zero attached hydrogens (tertiary/aromatic N) is 1.